The van der Waals surface area contributed by atoms with Crippen molar-refractivity contribution in [2.24, 2.45) is 0 Å². The Bertz CT molecular complexity index is 594. The standard InChI is InChI=1S/C17H22F3NO4/c1-16(2,3)25-15(23)21-14(17(18,19)20)9-8-12-6-4-5-7-13(12)24-11-10-22/h4-9,14,22H,10-11H2,1-3H3,(H,21,23)/b9-8+/t14-/m1/s1. The molecule has 0 radical (unpaired) electrons. The molecule has 0 aromatic heterocycles. The number of ether oxygens (including phenoxy) is 2. The Morgan fingerprint density at radius 3 is 2.48 bits per heavy atom. The molecule has 2 N–H and O–H groups in total. The van der Waals surface area contributed by atoms with E-state index in [1.54, 1.807) is 50.4 Å². The van der Waals surface area contributed by atoms with Crippen LogP contribution in [0.4, 0.5) is 18.0 Å². The maximum atomic E-state index is 13.1. The number of carbonyl (C=O) groups is 1. The molecule has 0 unspecified atom stereocenters. The average molecular weight is 361 g/mol. The molecule has 1 amide bonds. The van der Waals surface area contributed by atoms with Crippen LogP contribution in [0.15, 0.2) is 30.3 Å². The van der Waals surface area contributed by atoms with Crippen molar-refractivity contribution in [1.29, 1.82) is 0 Å². The number of nitrogens with one attached hydrogen (secondary N) is 1. The Kier molecular flexibility index (Phi) is 7.29. The largest absolute Gasteiger partial charge is 0.491 e. The van der Waals surface area contributed by atoms with Crippen molar-refractivity contribution in [3.63, 3.8) is 0 Å². The number of carbonyl (C=O) groups excluding carboxylic acids is 1. The van der Waals surface area contributed by atoms with Crippen LogP contribution in [0.3, 0.4) is 0 Å². The highest BCUT2D eigenvalue weighted by molar-refractivity contribution is 5.69. The lowest BCUT2D eigenvalue weighted by Gasteiger charge is -2.23. The van der Waals surface area contributed by atoms with Gasteiger partial charge in [0.05, 0.1) is 6.61 Å². The van der Waals surface area contributed by atoms with Gasteiger partial charge in [0.1, 0.15) is 24.0 Å². The van der Waals surface area contributed by atoms with Crippen LogP contribution in [0, 0.1) is 0 Å². The van der Waals surface area contributed by atoms with Gasteiger partial charge < -0.3 is 19.9 Å². The highest BCUT2D eigenvalue weighted by atomic mass is 19.4. The molecule has 0 fully saturated rings. The minimum Gasteiger partial charge on any atom is -0.491 e. The lowest BCUT2D eigenvalue weighted by molar-refractivity contribution is -0.143. The molecule has 0 saturated heterocycles. The number of rotatable bonds is 6. The number of halogens is 3. The summed E-state index contributed by atoms with van der Waals surface area (Å²) in [6.45, 7) is 4.46. The van der Waals surface area contributed by atoms with E-state index in [-0.39, 0.29) is 13.2 Å². The molecular formula is C17H22F3NO4. The van der Waals surface area contributed by atoms with Crippen LogP contribution in [-0.4, -0.2) is 42.2 Å². The topological polar surface area (TPSA) is 67.8 Å². The Morgan fingerprint density at radius 1 is 1.28 bits per heavy atom. The van der Waals surface area contributed by atoms with Crippen LogP contribution in [0.25, 0.3) is 6.08 Å². The van der Waals surface area contributed by atoms with Crippen LogP contribution in [0.2, 0.25) is 0 Å². The maximum Gasteiger partial charge on any atom is 0.412 e. The summed E-state index contributed by atoms with van der Waals surface area (Å²) in [5.41, 5.74) is -0.523. The lowest BCUT2D eigenvalue weighted by atomic mass is 10.1. The summed E-state index contributed by atoms with van der Waals surface area (Å²) < 4.78 is 49.5. The van der Waals surface area contributed by atoms with Gasteiger partial charge in [-0.25, -0.2) is 4.79 Å². The first kappa shape index (κ1) is 20.8. The fourth-order valence-corrected chi connectivity index (χ4v) is 1.78. The second kappa shape index (κ2) is 8.75. The summed E-state index contributed by atoms with van der Waals surface area (Å²) in [7, 11) is 0. The zero-order valence-corrected chi connectivity index (χ0v) is 14.3. The summed E-state index contributed by atoms with van der Waals surface area (Å²) in [4.78, 5) is 11.6. The van der Waals surface area contributed by atoms with Gasteiger partial charge in [-0.2, -0.15) is 13.2 Å². The van der Waals surface area contributed by atoms with Crippen LogP contribution in [-0.2, 0) is 4.74 Å². The minimum absolute atomic E-state index is 0.0176. The van der Waals surface area contributed by atoms with E-state index in [1.165, 1.54) is 6.08 Å². The summed E-state index contributed by atoms with van der Waals surface area (Å²) in [5, 5.41) is 10.6. The zero-order valence-electron chi connectivity index (χ0n) is 14.3. The maximum absolute atomic E-state index is 13.1. The first-order chi connectivity index (χ1) is 11.5. The van der Waals surface area contributed by atoms with Crippen LogP contribution in [0.5, 0.6) is 5.75 Å². The van der Waals surface area contributed by atoms with E-state index in [9.17, 15) is 18.0 Å². The first-order valence-electron chi connectivity index (χ1n) is 7.60. The molecule has 1 aromatic rings. The quantitative estimate of drug-likeness (QED) is 0.813. The molecule has 1 rings (SSSR count). The Hall–Kier alpha value is -2.22. The molecule has 8 heteroatoms. The summed E-state index contributed by atoms with van der Waals surface area (Å²) in [6, 6.07) is 4.21. The SMILES string of the molecule is CC(C)(C)OC(=O)N[C@H](/C=C/c1ccccc1OCCO)C(F)(F)F. The minimum atomic E-state index is -4.69. The third-order valence-corrected chi connectivity index (χ3v) is 2.76. The smallest absolute Gasteiger partial charge is 0.412 e. The highest BCUT2D eigenvalue weighted by Crippen LogP contribution is 2.25. The number of alkyl halides is 3. The first-order valence-corrected chi connectivity index (χ1v) is 7.60. The molecule has 0 saturated carbocycles. The van der Waals surface area contributed by atoms with Crippen molar-refractivity contribution in [2.45, 2.75) is 38.6 Å². The fourth-order valence-electron chi connectivity index (χ4n) is 1.78. The molecule has 0 aliphatic heterocycles. The van der Waals surface area contributed by atoms with Gasteiger partial charge in [0.15, 0.2) is 0 Å². The second-order valence-corrected chi connectivity index (χ2v) is 6.13. The van der Waals surface area contributed by atoms with Crippen molar-refractivity contribution < 1.29 is 32.5 Å². The van der Waals surface area contributed by atoms with Crippen molar-refractivity contribution >= 4 is 12.2 Å². The molecule has 0 heterocycles. The van der Waals surface area contributed by atoms with E-state index in [0.29, 0.717) is 11.3 Å². The number of hydrogen-bond donors (Lipinski definition) is 2. The molecule has 0 aliphatic carbocycles. The van der Waals surface area contributed by atoms with E-state index in [0.717, 1.165) is 6.08 Å². The second-order valence-electron chi connectivity index (χ2n) is 6.13. The lowest BCUT2D eigenvalue weighted by Crippen LogP contribution is -2.46. The summed E-state index contributed by atoms with van der Waals surface area (Å²) >= 11 is 0. The third-order valence-electron chi connectivity index (χ3n) is 2.76. The Labute approximate surface area is 144 Å². The predicted molar refractivity (Wildman–Crippen MR) is 87.3 cm³/mol. The Balaban J connectivity index is 2.92. The van der Waals surface area contributed by atoms with Gasteiger partial charge in [0, 0.05) is 5.56 Å². The van der Waals surface area contributed by atoms with Crippen LogP contribution < -0.4 is 10.1 Å². The molecular weight excluding hydrogens is 339 g/mol. The molecule has 0 spiro atoms. The normalized spacial score (nSPS) is 13.6. The predicted octanol–water partition coefficient (Wildman–Crippen LogP) is 3.53. The summed E-state index contributed by atoms with van der Waals surface area (Å²) in [5.74, 6) is 0.325. The van der Waals surface area contributed by atoms with E-state index >= 15 is 0 Å². The van der Waals surface area contributed by atoms with Gasteiger partial charge >= 0.3 is 12.3 Å². The van der Waals surface area contributed by atoms with Gasteiger partial charge in [-0.15, -0.1) is 0 Å². The fraction of sp³-hybridized carbons (Fsp3) is 0.471. The third kappa shape index (κ3) is 7.93. The van der Waals surface area contributed by atoms with E-state index < -0.39 is 23.9 Å². The molecule has 1 aromatic carbocycles. The number of amides is 1. The molecule has 0 bridgehead atoms. The highest BCUT2D eigenvalue weighted by Gasteiger charge is 2.39. The number of alkyl carbamates (subject to hydrolysis) is 1. The van der Waals surface area contributed by atoms with Gasteiger partial charge in [-0.1, -0.05) is 30.4 Å². The summed E-state index contributed by atoms with van der Waals surface area (Å²) in [6.07, 6.45) is -3.84. The van der Waals surface area contributed by atoms with Crippen LogP contribution in [0.1, 0.15) is 26.3 Å². The average Bonchev–Trinajstić information content (AvgIpc) is 2.47. The molecule has 1 atom stereocenters. The zero-order chi connectivity index (χ0) is 19.1. The molecule has 140 valence electrons. The number of aliphatic hydroxyl groups is 1. The van der Waals surface area contributed by atoms with Crippen molar-refractivity contribution in [3.8, 4) is 5.75 Å². The van der Waals surface area contributed by atoms with Crippen molar-refractivity contribution in [3.05, 3.63) is 35.9 Å². The molecule has 0 aliphatic rings. The number of hydrogen-bond acceptors (Lipinski definition) is 4. The van der Waals surface area contributed by atoms with Gasteiger partial charge in [-0.05, 0) is 26.8 Å². The van der Waals surface area contributed by atoms with Crippen LogP contribution >= 0.6 is 0 Å². The number of para-hydroxylation sites is 1. The van der Waals surface area contributed by atoms with Crippen molar-refractivity contribution in [2.75, 3.05) is 13.2 Å². The van der Waals surface area contributed by atoms with Gasteiger partial charge in [-0.3, -0.25) is 0 Å². The molecule has 5 nitrogen and oxygen atoms in total. The monoisotopic (exact) mass is 361 g/mol. The van der Waals surface area contributed by atoms with E-state index in [2.05, 4.69) is 0 Å². The number of benzene rings is 1. The van der Waals surface area contributed by atoms with Crippen molar-refractivity contribution in [1.82, 2.24) is 5.32 Å². The van der Waals surface area contributed by atoms with Gasteiger partial charge in [0.2, 0.25) is 0 Å². The Morgan fingerprint density at radius 2 is 1.92 bits per heavy atom. The number of aliphatic hydroxyl groups excluding tert-OH is 1. The van der Waals surface area contributed by atoms with Gasteiger partial charge in [0.25, 0.3) is 0 Å². The van der Waals surface area contributed by atoms with E-state index in [1.807, 2.05) is 0 Å². The van der Waals surface area contributed by atoms with E-state index in [4.69, 9.17) is 14.6 Å². The molecule has 25 heavy (non-hydrogen) atoms.